The van der Waals surface area contributed by atoms with E-state index in [1.807, 2.05) is 0 Å². The summed E-state index contributed by atoms with van der Waals surface area (Å²) < 4.78 is 1.23. The molecule has 2 rings (SSSR count). The zero-order valence-corrected chi connectivity index (χ0v) is 13.3. The van der Waals surface area contributed by atoms with Gasteiger partial charge in [-0.05, 0) is 34.1 Å². The number of hydrogen-bond acceptors (Lipinski definition) is 3. The van der Waals surface area contributed by atoms with E-state index < -0.39 is 17.9 Å². The van der Waals surface area contributed by atoms with Gasteiger partial charge in [-0.15, -0.1) is 0 Å². The van der Waals surface area contributed by atoms with Crippen LogP contribution in [0.15, 0.2) is 27.1 Å². The quantitative estimate of drug-likeness (QED) is 0.774. The molecule has 8 heteroatoms. The molecule has 0 spiro atoms. The SMILES string of the molecule is O=C1CN(C(=O)c2cc(Br)ccc2Br)C(C(=O)O)CN1. The molecule has 1 saturated heterocycles. The van der Waals surface area contributed by atoms with Crippen molar-refractivity contribution in [3.8, 4) is 0 Å². The maximum Gasteiger partial charge on any atom is 0.328 e. The van der Waals surface area contributed by atoms with E-state index in [9.17, 15) is 14.4 Å². The third kappa shape index (κ3) is 3.01. The van der Waals surface area contributed by atoms with Crippen molar-refractivity contribution in [2.75, 3.05) is 13.1 Å². The minimum absolute atomic E-state index is 0.0917. The Bertz CT molecular complexity index is 591. The summed E-state index contributed by atoms with van der Waals surface area (Å²) in [5, 5.41) is 11.6. The number of rotatable bonds is 2. The van der Waals surface area contributed by atoms with Crippen molar-refractivity contribution in [1.29, 1.82) is 0 Å². The van der Waals surface area contributed by atoms with E-state index in [1.165, 1.54) is 0 Å². The molecular weight excluding hydrogens is 396 g/mol. The number of hydrogen-bond donors (Lipinski definition) is 2. The molecule has 1 aromatic rings. The maximum absolute atomic E-state index is 12.5. The van der Waals surface area contributed by atoms with Crippen LogP contribution in [0.25, 0.3) is 0 Å². The minimum Gasteiger partial charge on any atom is -0.480 e. The molecule has 0 aromatic heterocycles. The highest BCUT2D eigenvalue weighted by Gasteiger charge is 2.36. The lowest BCUT2D eigenvalue weighted by atomic mass is 10.1. The van der Waals surface area contributed by atoms with E-state index >= 15 is 0 Å². The first-order valence-electron chi connectivity index (χ1n) is 5.65. The summed E-state index contributed by atoms with van der Waals surface area (Å²) >= 11 is 6.51. The van der Waals surface area contributed by atoms with Crippen LogP contribution in [-0.2, 0) is 9.59 Å². The molecule has 20 heavy (non-hydrogen) atoms. The van der Waals surface area contributed by atoms with Gasteiger partial charge in [-0.2, -0.15) is 0 Å². The van der Waals surface area contributed by atoms with Gasteiger partial charge in [0.25, 0.3) is 5.91 Å². The summed E-state index contributed by atoms with van der Waals surface area (Å²) in [5.74, 6) is -2.02. The molecular formula is C12H10Br2N2O4. The van der Waals surface area contributed by atoms with Gasteiger partial charge in [-0.1, -0.05) is 15.9 Å². The van der Waals surface area contributed by atoms with Gasteiger partial charge in [-0.3, -0.25) is 9.59 Å². The van der Waals surface area contributed by atoms with Crippen molar-refractivity contribution < 1.29 is 19.5 Å². The number of carboxylic acids is 1. The first-order valence-corrected chi connectivity index (χ1v) is 7.24. The molecule has 0 saturated carbocycles. The molecule has 0 aliphatic carbocycles. The zero-order chi connectivity index (χ0) is 14.9. The highest BCUT2D eigenvalue weighted by molar-refractivity contribution is 9.11. The van der Waals surface area contributed by atoms with Crippen LogP contribution in [0.2, 0.25) is 0 Å². The summed E-state index contributed by atoms with van der Waals surface area (Å²) in [6.45, 7) is -0.361. The average Bonchev–Trinajstić information content (AvgIpc) is 2.40. The van der Waals surface area contributed by atoms with Gasteiger partial charge in [0.15, 0.2) is 0 Å². The van der Waals surface area contributed by atoms with Gasteiger partial charge in [0, 0.05) is 15.5 Å². The van der Waals surface area contributed by atoms with Gasteiger partial charge in [0.1, 0.15) is 12.6 Å². The van der Waals surface area contributed by atoms with Gasteiger partial charge < -0.3 is 15.3 Å². The summed E-state index contributed by atoms with van der Waals surface area (Å²) in [7, 11) is 0. The Balaban J connectivity index is 2.36. The smallest absolute Gasteiger partial charge is 0.328 e. The molecule has 1 aliphatic heterocycles. The van der Waals surface area contributed by atoms with Crippen LogP contribution in [-0.4, -0.2) is 46.9 Å². The van der Waals surface area contributed by atoms with E-state index in [0.717, 1.165) is 4.90 Å². The average molecular weight is 406 g/mol. The molecule has 1 heterocycles. The Labute approximate surface area is 131 Å². The molecule has 106 valence electrons. The second kappa shape index (κ2) is 5.92. The number of nitrogens with zero attached hydrogens (tertiary/aromatic N) is 1. The summed E-state index contributed by atoms with van der Waals surface area (Å²) in [4.78, 5) is 36.1. The lowest BCUT2D eigenvalue weighted by molar-refractivity contribution is -0.144. The monoisotopic (exact) mass is 404 g/mol. The topological polar surface area (TPSA) is 86.7 Å². The van der Waals surface area contributed by atoms with Gasteiger partial charge in [0.05, 0.1) is 5.56 Å². The third-order valence-electron chi connectivity index (χ3n) is 2.89. The van der Waals surface area contributed by atoms with E-state index in [0.29, 0.717) is 14.5 Å². The van der Waals surface area contributed by atoms with Crippen LogP contribution >= 0.6 is 31.9 Å². The fourth-order valence-corrected chi connectivity index (χ4v) is 2.67. The largest absolute Gasteiger partial charge is 0.480 e. The maximum atomic E-state index is 12.5. The Morgan fingerprint density at radius 3 is 2.70 bits per heavy atom. The van der Waals surface area contributed by atoms with E-state index in [1.54, 1.807) is 18.2 Å². The first-order chi connectivity index (χ1) is 9.40. The molecule has 0 radical (unpaired) electrons. The molecule has 6 nitrogen and oxygen atoms in total. The Morgan fingerprint density at radius 2 is 2.05 bits per heavy atom. The number of carbonyl (C=O) groups excluding carboxylic acids is 2. The van der Waals surface area contributed by atoms with E-state index in [-0.39, 0.29) is 19.0 Å². The number of nitrogens with one attached hydrogen (secondary N) is 1. The summed E-state index contributed by atoms with van der Waals surface area (Å²) in [5.41, 5.74) is 0.306. The minimum atomic E-state index is -1.15. The summed E-state index contributed by atoms with van der Waals surface area (Å²) in [6.07, 6.45) is 0. The van der Waals surface area contributed by atoms with Crippen LogP contribution in [0.1, 0.15) is 10.4 Å². The van der Waals surface area contributed by atoms with E-state index in [2.05, 4.69) is 37.2 Å². The third-order valence-corrected chi connectivity index (χ3v) is 4.07. The summed E-state index contributed by atoms with van der Waals surface area (Å²) in [6, 6.07) is 3.94. The number of carboxylic acid groups (broad SMARTS) is 1. The standard InChI is InChI=1S/C12H10Br2N2O4/c13-6-1-2-8(14)7(3-6)11(18)16-5-10(17)15-4-9(16)12(19)20/h1-3,9H,4-5H2,(H,15,17)(H,19,20). The number of amides is 2. The van der Waals surface area contributed by atoms with Crippen molar-refractivity contribution in [2.24, 2.45) is 0 Å². The van der Waals surface area contributed by atoms with Crippen LogP contribution in [0.4, 0.5) is 0 Å². The highest BCUT2D eigenvalue weighted by atomic mass is 79.9. The molecule has 1 unspecified atom stereocenters. The fraction of sp³-hybridized carbons (Fsp3) is 0.250. The first kappa shape index (κ1) is 15.0. The number of piperazine rings is 1. The molecule has 1 fully saturated rings. The van der Waals surface area contributed by atoms with Crippen molar-refractivity contribution in [3.63, 3.8) is 0 Å². The Morgan fingerprint density at radius 1 is 1.35 bits per heavy atom. The van der Waals surface area contributed by atoms with Crippen molar-refractivity contribution >= 4 is 49.6 Å². The van der Waals surface area contributed by atoms with Gasteiger partial charge in [0.2, 0.25) is 5.91 Å². The molecule has 1 aliphatic rings. The van der Waals surface area contributed by atoms with E-state index in [4.69, 9.17) is 5.11 Å². The second-order valence-corrected chi connectivity index (χ2v) is 5.99. The van der Waals surface area contributed by atoms with Crippen LogP contribution in [0.3, 0.4) is 0 Å². The van der Waals surface area contributed by atoms with Crippen molar-refractivity contribution in [3.05, 3.63) is 32.7 Å². The highest BCUT2D eigenvalue weighted by Crippen LogP contribution is 2.24. The number of benzene rings is 1. The normalized spacial score (nSPS) is 18.6. The molecule has 2 N–H and O–H groups in total. The van der Waals surface area contributed by atoms with Gasteiger partial charge in [-0.25, -0.2) is 4.79 Å². The van der Waals surface area contributed by atoms with Crippen LogP contribution in [0.5, 0.6) is 0 Å². The van der Waals surface area contributed by atoms with Crippen molar-refractivity contribution in [1.82, 2.24) is 10.2 Å². The lowest BCUT2D eigenvalue weighted by Crippen LogP contribution is -2.59. The van der Waals surface area contributed by atoms with Crippen LogP contribution in [0, 0.1) is 0 Å². The van der Waals surface area contributed by atoms with Gasteiger partial charge >= 0.3 is 5.97 Å². The Hall–Kier alpha value is -1.41. The Kier molecular flexibility index (Phi) is 4.44. The number of carbonyl (C=O) groups is 3. The van der Waals surface area contributed by atoms with Crippen LogP contribution < -0.4 is 5.32 Å². The molecule has 2 amide bonds. The second-order valence-electron chi connectivity index (χ2n) is 4.22. The number of aliphatic carboxylic acids is 1. The predicted octanol–water partition coefficient (Wildman–Crippen LogP) is 1.24. The number of halogens is 2. The molecule has 1 atom stereocenters. The molecule has 1 aromatic carbocycles. The fourth-order valence-electron chi connectivity index (χ4n) is 1.89. The molecule has 0 bridgehead atoms. The predicted molar refractivity (Wildman–Crippen MR) is 77.3 cm³/mol. The lowest BCUT2D eigenvalue weighted by Gasteiger charge is -2.33. The zero-order valence-electron chi connectivity index (χ0n) is 10.1. The van der Waals surface area contributed by atoms with Crippen molar-refractivity contribution in [2.45, 2.75) is 6.04 Å².